The van der Waals surface area contributed by atoms with Crippen LogP contribution in [0.2, 0.25) is 0 Å². The third-order valence-electron chi connectivity index (χ3n) is 3.62. The number of hydrogen-bond acceptors (Lipinski definition) is 4. The maximum absolute atomic E-state index is 5.87. The lowest BCUT2D eigenvalue weighted by Gasteiger charge is -2.13. The molecule has 0 aliphatic carbocycles. The quantitative estimate of drug-likeness (QED) is 0.786. The Kier molecular flexibility index (Phi) is 4.39. The Bertz CT molecular complexity index is 810. The zero-order valence-electron chi connectivity index (χ0n) is 13.4. The van der Waals surface area contributed by atoms with Gasteiger partial charge in [0, 0.05) is 12.1 Å². The second kappa shape index (κ2) is 6.62. The molecule has 1 aromatic heterocycles. The molecule has 0 saturated heterocycles. The number of nitrogens with zero attached hydrogens (tertiary/aromatic N) is 3. The fraction of sp³-hybridized carbons (Fsp3) is 0.222. The van der Waals surface area contributed by atoms with Gasteiger partial charge >= 0.3 is 0 Å². The van der Waals surface area contributed by atoms with Crippen molar-refractivity contribution in [1.29, 1.82) is 0 Å². The highest BCUT2D eigenvalue weighted by molar-refractivity contribution is 5.66. The SMILES string of the molecule is CCOc1ccccc1-n1nnc(CN)c1-c1cccc(C)c1. The molecule has 23 heavy (non-hydrogen) atoms. The summed E-state index contributed by atoms with van der Waals surface area (Å²) in [6, 6.07) is 16.1. The number of aromatic nitrogens is 3. The second-order valence-electron chi connectivity index (χ2n) is 5.27. The minimum absolute atomic E-state index is 0.333. The maximum atomic E-state index is 5.87. The highest BCUT2D eigenvalue weighted by Gasteiger charge is 2.17. The van der Waals surface area contributed by atoms with E-state index in [2.05, 4.69) is 29.4 Å². The van der Waals surface area contributed by atoms with Crippen molar-refractivity contribution in [1.82, 2.24) is 15.0 Å². The van der Waals surface area contributed by atoms with E-state index in [1.807, 2.05) is 48.0 Å². The molecule has 118 valence electrons. The summed E-state index contributed by atoms with van der Waals surface area (Å²) in [5, 5.41) is 8.56. The monoisotopic (exact) mass is 308 g/mol. The molecule has 0 fully saturated rings. The van der Waals surface area contributed by atoms with Crippen LogP contribution in [0, 0.1) is 6.92 Å². The zero-order chi connectivity index (χ0) is 16.2. The first kappa shape index (κ1) is 15.2. The molecule has 2 aromatic carbocycles. The summed E-state index contributed by atoms with van der Waals surface area (Å²) >= 11 is 0. The van der Waals surface area contributed by atoms with Gasteiger partial charge in [0.15, 0.2) is 0 Å². The molecular weight excluding hydrogens is 288 g/mol. The first-order valence-electron chi connectivity index (χ1n) is 7.68. The van der Waals surface area contributed by atoms with Crippen molar-refractivity contribution >= 4 is 0 Å². The van der Waals surface area contributed by atoms with Crippen LogP contribution in [-0.4, -0.2) is 21.6 Å². The van der Waals surface area contributed by atoms with Gasteiger partial charge in [-0.3, -0.25) is 0 Å². The molecule has 0 aliphatic rings. The van der Waals surface area contributed by atoms with Crippen molar-refractivity contribution in [3.63, 3.8) is 0 Å². The number of hydrogen-bond donors (Lipinski definition) is 1. The maximum Gasteiger partial charge on any atom is 0.145 e. The van der Waals surface area contributed by atoms with Gasteiger partial charge < -0.3 is 10.5 Å². The molecule has 0 aliphatic heterocycles. The fourth-order valence-electron chi connectivity index (χ4n) is 2.61. The van der Waals surface area contributed by atoms with E-state index in [1.54, 1.807) is 0 Å². The van der Waals surface area contributed by atoms with Gasteiger partial charge in [-0.2, -0.15) is 0 Å². The van der Waals surface area contributed by atoms with E-state index in [-0.39, 0.29) is 0 Å². The highest BCUT2D eigenvalue weighted by Crippen LogP contribution is 2.30. The number of ether oxygens (including phenoxy) is 1. The van der Waals surface area contributed by atoms with E-state index in [0.717, 1.165) is 28.4 Å². The van der Waals surface area contributed by atoms with E-state index in [4.69, 9.17) is 10.5 Å². The Labute approximate surface area is 135 Å². The van der Waals surface area contributed by atoms with Gasteiger partial charge in [0.2, 0.25) is 0 Å². The lowest BCUT2D eigenvalue weighted by molar-refractivity contribution is 0.338. The van der Waals surface area contributed by atoms with Gasteiger partial charge in [-0.25, -0.2) is 4.68 Å². The Morgan fingerprint density at radius 1 is 1.13 bits per heavy atom. The molecule has 1 heterocycles. The van der Waals surface area contributed by atoms with E-state index >= 15 is 0 Å². The van der Waals surface area contributed by atoms with Crippen molar-refractivity contribution in [2.45, 2.75) is 20.4 Å². The molecule has 0 unspecified atom stereocenters. The molecule has 0 bridgehead atoms. The molecule has 5 nitrogen and oxygen atoms in total. The van der Waals surface area contributed by atoms with Crippen LogP contribution in [0.3, 0.4) is 0 Å². The topological polar surface area (TPSA) is 66.0 Å². The minimum Gasteiger partial charge on any atom is -0.492 e. The van der Waals surface area contributed by atoms with Crippen LogP contribution in [-0.2, 0) is 6.54 Å². The number of para-hydroxylation sites is 2. The Morgan fingerprint density at radius 2 is 1.96 bits per heavy atom. The molecule has 0 saturated carbocycles. The summed E-state index contributed by atoms with van der Waals surface area (Å²) in [5.74, 6) is 0.775. The predicted molar refractivity (Wildman–Crippen MR) is 90.6 cm³/mol. The zero-order valence-corrected chi connectivity index (χ0v) is 13.4. The molecule has 2 N–H and O–H groups in total. The Morgan fingerprint density at radius 3 is 2.70 bits per heavy atom. The van der Waals surface area contributed by atoms with Crippen LogP contribution in [0.4, 0.5) is 0 Å². The molecule has 3 aromatic rings. The molecule has 0 atom stereocenters. The van der Waals surface area contributed by atoms with E-state index in [9.17, 15) is 0 Å². The summed E-state index contributed by atoms with van der Waals surface area (Å²) in [7, 11) is 0. The molecule has 0 radical (unpaired) electrons. The van der Waals surface area contributed by atoms with E-state index in [1.165, 1.54) is 5.56 Å². The average molecular weight is 308 g/mol. The smallest absolute Gasteiger partial charge is 0.145 e. The van der Waals surface area contributed by atoms with Gasteiger partial charge in [-0.15, -0.1) is 5.10 Å². The predicted octanol–water partition coefficient (Wildman–Crippen LogP) is 3.10. The first-order valence-corrected chi connectivity index (χ1v) is 7.68. The lowest BCUT2D eigenvalue weighted by atomic mass is 10.1. The van der Waals surface area contributed by atoms with E-state index < -0.39 is 0 Å². The summed E-state index contributed by atoms with van der Waals surface area (Å²) in [4.78, 5) is 0. The molecule has 3 rings (SSSR count). The highest BCUT2D eigenvalue weighted by atomic mass is 16.5. The second-order valence-corrected chi connectivity index (χ2v) is 5.27. The van der Waals surface area contributed by atoms with Crippen LogP contribution in [0.1, 0.15) is 18.2 Å². The van der Waals surface area contributed by atoms with Crippen LogP contribution in [0.5, 0.6) is 5.75 Å². The van der Waals surface area contributed by atoms with Crippen LogP contribution >= 0.6 is 0 Å². The molecule has 5 heteroatoms. The largest absolute Gasteiger partial charge is 0.492 e. The normalized spacial score (nSPS) is 10.7. The van der Waals surface area contributed by atoms with Crippen molar-refractivity contribution < 1.29 is 4.74 Å². The number of benzene rings is 2. The first-order chi connectivity index (χ1) is 11.2. The summed E-state index contributed by atoms with van der Waals surface area (Å²) in [6.07, 6.45) is 0. The van der Waals surface area contributed by atoms with Crippen LogP contribution < -0.4 is 10.5 Å². The lowest BCUT2D eigenvalue weighted by Crippen LogP contribution is -2.05. The molecule has 0 amide bonds. The van der Waals surface area contributed by atoms with Gasteiger partial charge in [-0.1, -0.05) is 41.1 Å². The summed E-state index contributed by atoms with van der Waals surface area (Å²) in [6.45, 7) is 4.95. The third-order valence-corrected chi connectivity index (χ3v) is 3.62. The summed E-state index contributed by atoms with van der Waals surface area (Å²) < 4.78 is 7.54. The number of nitrogens with two attached hydrogens (primary N) is 1. The van der Waals surface area contributed by atoms with Crippen LogP contribution in [0.15, 0.2) is 48.5 Å². The number of rotatable bonds is 5. The van der Waals surface area contributed by atoms with Crippen LogP contribution in [0.25, 0.3) is 16.9 Å². The summed E-state index contributed by atoms with van der Waals surface area (Å²) in [5.41, 5.74) is 10.6. The van der Waals surface area contributed by atoms with Gasteiger partial charge in [-0.05, 0) is 32.0 Å². The molecular formula is C18H20N4O. The third kappa shape index (κ3) is 2.96. The Hall–Kier alpha value is -2.66. The van der Waals surface area contributed by atoms with Crippen molar-refractivity contribution in [3.05, 3.63) is 59.8 Å². The van der Waals surface area contributed by atoms with Gasteiger partial charge in [0.1, 0.15) is 17.1 Å². The number of aryl methyl sites for hydroxylation is 1. The fourth-order valence-corrected chi connectivity index (χ4v) is 2.61. The standard InChI is InChI=1S/C18H20N4O/c1-3-23-17-10-5-4-9-16(17)22-18(15(12-19)20-21-22)14-8-6-7-13(2)11-14/h4-11H,3,12,19H2,1-2H3. The molecule has 0 spiro atoms. The Balaban J connectivity index is 2.20. The van der Waals surface area contributed by atoms with Gasteiger partial charge in [0.25, 0.3) is 0 Å². The van der Waals surface area contributed by atoms with Crippen molar-refractivity contribution in [2.24, 2.45) is 5.73 Å². The van der Waals surface area contributed by atoms with E-state index in [0.29, 0.717) is 13.2 Å². The van der Waals surface area contributed by atoms with Gasteiger partial charge in [0.05, 0.1) is 12.3 Å². The average Bonchev–Trinajstić information content (AvgIpc) is 2.99. The minimum atomic E-state index is 0.333. The van der Waals surface area contributed by atoms with Crippen molar-refractivity contribution in [2.75, 3.05) is 6.61 Å². The van der Waals surface area contributed by atoms with Crippen molar-refractivity contribution in [3.8, 4) is 22.7 Å².